The van der Waals surface area contributed by atoms with Crippen LogP contribution in [0.5, 0.6) is 0 Å². The van der Waals surface area contributed by atoms with Crippen molar-refractivity contribution in [3.8, 4) is 39.1 Å². The fourth-order valence-corrected chi connectivity index (χ4v) is 9.11. The smallest absolute Gasteiger partial charge is 0.0616 e. The number of fused-ring (bicyclic) bond motifs is 6. The number of anilines is 3. The second-order valence-electron chi connectivity index (χ2n) is 15.2. The van der Waals surface area contributed by atoms with E-state index in [0.717, 1.165) is 29.9 Å². The van der Waals surface area contributed by atoms with E-state index in [0.29, 0.717) is 0 Å². The van der Waals surface area contributed by atoms with Crippen LogP contribution in [0.4, 0.5) is 17.1 Å². The highest BCUT2D eigenvalue weighted by Gasteiger charge is 2.22. The lowest BCUT2D eigenvalue weighted by Crippen LogP contribution is -2.09. The highest BCUT2D eigenvalue weighted by molar-refractivity contribution is 6.15. The van der Waals surface area contributed by atoms with Crippen molar-refractivity contribution in [1.82, 2.24) is 4.57 Å². The van der Waals surface area contributed by atoms with Gasteiger partial charge in [-0.05, 0) is 129 Å². The van der Waals surface area contributed by atoms with Crippen LogP contribution in [0, 0.1) is 0 Å². The van der Waals surface area contributed by atoms with Crippen LogP contribution in [0.25, 0.3) is 77.6 Å². The minimum atomic E-state index is 1.04. The van der Waals surface area contributed by atoms with Crippen molar-refractivity contribution in [3.63, 3.8) is 0 Å². The molecule has 0 atom stereocenters. The second-order valence-corrected chi connectivity index (χ2v) is 15.2. The minimum Gasteiger partial charge on any atom is -0.311 e. The van der Waals surface area contributed by atoms with Crippen LogP contribution in [-0.4, -0.2) is 4.57 Å². The van der Waals surface area contributed by atoms with Gasteiger partial charge >= 0.3 is 0 Å². The fraction of sp³-hybridized carbons (Fsp3) is 0.0357. The molecule has 0 spiro atoms. The van der Waals surface area contributed by atoms with Gasteiger partial charge in [0.1, 0.15) is 0 Å². The molecule has 0 fully saturated rings. The molecule has 0 N–H and O–H groups in total. The number of benzene rings is 9. The lowest BCUT2D eigenvalue weighted by Gasteiger charge is -2.26. The number of hydrogen-bond donors (Lipinski definition) is 0. The molecule has 0 saturated heterocycles. The van der Waals surface area contributed by atoms with E-state index in [1.54, 1.807) is 0 Å². The molecule has 11 rings (SSSR count). The number of nitrogens with zero attached hydrogens (tertiary/aromatic N) is 2. The molecule has 1 aromatic heterocycles. The third kappa shape index (κ3) is 5.81. The van der Waals surface area contributed by atoms with Gasteiger partial charge in [-0.15, -0.1) is 0 Å². The van der Waals surface area contributed by atoms with Crippen LogP contribution in [0.3, 0.4) is 0 Å². The van der Waals surface area contributed by atoms with Crippen molar-refractivity contribution in [1.29, 1.82) is 0 Å². The first-order chi connectivity index (χ1) is 28.8. The molecule has 1 aliphatic rings. The van der Waals surface area contributed by atoms with Crippen LogP contribution >= 0.6 is 0 Å². The Bertz CT molecular complexity index is 3110. The first-order valence-corrected chi connectivity index (χ1v) is 20.2. The zero-order chi connectivity index (χ0) is 38.4. The zero-order valence-electron chi connectivity index (χ0n) is 32.1. The van der Waals surface area contributed by atoms with Gasteiger partial charge in [0.25, 0.3) is 0 Å². The predicted molar refractivity (Wildman–Crippen MR) is 247 cm³/mol. The van der Waals surface area contributed by atoms with E-state index >= 15 is 0 Å². The molecular formula is C56H40N2. The molecule has 0 saturated carbocycles. The predicted octanol–water partition coefficient (Wildman–Crippen LogP) is 15.4. The molecule has 58 heavy (non-hydrogen) atoms. The number of rotatable bonds is 7. The third-order valence-electron chi connectivity index (χ3n) is 11.9. The van der Waals surface area contributed by atoms with Gasteiger partial charge in [-0.2, -0.15) is 0 Å². The summed E-state index contributed by atoms with van der Waals surface area (Å²) in [6.07, 6.45) is 6.76. The molecule has 0 radical (unpaired) electrons. The minimum absolute atomic E-state index is 1.04. The molecule has 2 heteroatoms. The molecule has 10 aromatic rings. The molecule has 0 unspecified atom stereocenters. The lowest BCUT2D eigenvalue weighted by atomic mass is 9.93. The second kappa shape index (κ2) is 14.3. The molecule has 0 amide bonds. The molecule has 1 heterocycles. The van der Waals surface area contributed by atoms with Gasteiger partial charge in [0.2, 0.25) is 0 Å². The Hall–Kier alpha value is -7.42. The SMILES string of the molecule is C1=Cc2c(c3cc(-c4ccccc4)c4ccccc4c3n2-c2ccc(-c3ccc(N(c4ccccc4)c4ccc(-c5cccc6ccccc56)cc4)cc3)cc2)CC1. The molecular weight excluding hydrogens is 701 g/mol. The van der Waals surface area contributed by atoms with Crippen molar-refractivity contribution < 1.29 is 0 Å². The standard InChI is InChI=1S/C56H40N2/c1-3-14-42(15-4-1)53-38-54-51-22-11-12-25-55(51)58(56(54)52-23-10-9-21-50(52)53)47-34-28-40(29-35-47)39-26-32-45(33-27-39)57(44-18-5-2-6-19-44)46-36-30-43(31-37-46)49-24-13-17-41-16-7-8-20-48(41)49/h1-10,12-21,23-38H,11,22H2. The Morgan fingerprint density at radius 3 is 1.67 bits per heavy atom. The summed E-state index contributed by atoms with van der Waals surface area (Å²) in [4.78, 5) is 2.33. The molecule has 274 valence electrons. The number of aryl methyl sites for hydroxylation is 1. The van der Waals surface area contributed by atoms with Gasteiger partial charge in [-0.3, -0.25) is 0 Å². The van der Waals surface area contributed by atoms with E-state index in [1.807, 2.05) is 0 Å². The summed E-state index contributed by atoms with van der Waals surface area (Å²) >= 11 is 0. The maximum absolute atomic E-state index is 2.49. The molecule has 9 aromatic carbocycles. The average molecular weight is 741 g/mol. The van der Waals surface area contributed by atoms with E-state index < -0.39 is 0 Å². The van der Waals surface area contributed by atoms with E-state index in [-0.39, 0.29) is 0 Å². The van der Waals surface area contributed by atoms with Gasteiger partial charge in [0, 0.05) is 39.2 Å². The first-order valence-electron chi connectivity index (χ1n) is 20.2. The number of para-hydroxylation sites is 1. The summed E-state index contributed by atoms with van der Waals surface area (Å²) in [5, 5.41) is 6.44. The van der Waals surface area contributed by atoms with Crippen LogP contribution in [0.2, 0.25) is 0 Å². The Balaban J connectivity index is 0.947. The number of allylic oxidation sites excluding steroid dienone is 1. The topological polar surface area (TPSA) is 8.17 Å². The van der Waals surface area contributed by atoms with Crippen molar-refractivity contribution >= 4 is 55.6 Å². The van der Waals surface area contributed by atoms with Gasteiger partial charge < -0.3 is 9.47 Å². The number of hydrogen-bond acceptors (Lipinski definition) is 1. The van der Waals surface area contributed by atoms with Crippen LogP contribution in [0.15, 0.2) is 212 Å². The highest BCUT2D eigenvalue weighted by Crippen LogP contribution is 2.43. The maximum Gasteiger partial charge on any atom is 0.0616 e. The zero-order valence-corrected chi connectivity index (χ0v) is 32.1. The van der Waals surface area contributed by atoms with E-state index in [2.05, 4.69) is 228 Å². The Kier molecular flexibility index (Phi) is 8.33. The Labute approximate surface area is 339 Å². The van der Waals surface area contributed by atoms with E-state index in [1.165, 1.54) is 82.8 Å². The van der Waals surface area contributed by atoms with Crippen molar-refractivity contribution in [2.75, 3.05) is 4.90 Å². The largest absolute Gasteiger partial charge is 0.311 e. The highest BCUT2D eigenvalue weighted by atomic mass is 15.1. The van der Waals surface area contributed by atoms with Crippen LogP contribution < -0.4 is 4.90 Å². The normalized spacial score (nSPS) is 12.3. The maximum atomic E-state index is 2.49. The summed E-state index contributed by atoms with van der Waals surface area (Å²) in [6.45, 7) is 0. The third-order valence-corrected chi connectivity index (χ3v) is 11.9. The van der Waals surface area contributed by atoms with Gasteiger partial charge in [0.15, 0.2) is 0 Å². The Morgan fingerprint density at radius 1 is 0.397 bits per heavy atom. The summed E-state index contributed by atoms with van der Waals surface area (Å²) < 4.78 is 2.49. The quantitative estimate of drug-likeness (QED) is 0.158. The molecule has 2 nitrogen and oxygen atoms in total. The van der Waals surface area contributed by atoms with Gasteiger partial charge in [-0.1, -0.05) is 158 Å². The summed E-state index contributed by atoms with van der Waals surface area (Å²) in [6, 6.07) is 75.0. The van der Waals surface area contributed by atoms with Gasteiger partial charge in [-0.25, -0.2) is 0 Å². The van der Waals surface area contributed by atoms with Crippen molar-refractivity contribution in [2.24, 2.45) is 0 Å². The first kappa shape index (κ1) is 33.9. The van der Waals surface area contributed by atoms with Crippen LogP contribution in [0.1, 0.15) is 17.7 Å². The Morgan fingerprint density at radius 2 is 0.948 bits per heavy atom. The van der Waals surface area contributed by atoms with E-state index in [9.17, 15) is 0 Å². The summed E-state index contributed by atoms with van der Waals surface area (Å²) in [7, 11) is 0. The van der Waals surface area contributed by atoms with E-state index in [4.69, 9.17) is 0 Å². The number of aromatic nitrogens is 1. The fourth-order valence-electron chi connectivity index (χ4n) is 9.11. The average Bonchev–Trinajstić information content (AvgIpc) is 3.64. The molecule has 0 bridgehead atoms. The monoisotopic (exact) mass is 740 g/mol. The van der Waals surface area contributed by atoms with Crippen molar-refractivity contribution in [2.45, 2.75) is 12.8 Å². The lowest BCUT2D eigenvalue weighted by molar-refractivity contribution is 0.968. The summed E-state index contributed by atoms with van der Waals surface area (Å²) in [5.41, 5.74) is 15.9. The molecule has 0 aliphatic heterocycles. The summed E-state index contributed by atoms with van der Waals surface area (Å²) in [5.74, 6) is 0. The van der Waals surface area contributed by atoms with Crippen molar-refractivity contribution in [3.05, 3.63) is 224 Å². The van der Waals surface area contributed by atoms with Crippen LogP contribution in [-0.2, 0) is 6.42 Å². The molecule has 1 aliphatic carbocycles. The van der Waals surface area contributed by atoms with Gasteiger partial charge in [0.05, 0.1) is 5.52 Å².